The van der Waals surface area contributed by atoms with Crippen molar-refractivity contribution in [2.75, 3.05) is 17.7 Å². The summed E-state index contributed by atoms with van der Waals surface area (Å²) < 4.78 is 12.4. The third kappa shape index (κ3) is 4.32. The van der Waals surface area contributed by atoms with Crippen LogP contribution in [0, 0.1) is 0 Å². The van der Waals surface area contributed by atoms with Crippen molar-refractivity contribution in [2.45, 2.75) is 6.92 Å². The predicted molar refractivity (Wildman–Crippen MR) is 117 cm³/mol. The molecule has 156 valence electrons. The molecule has 0 fully saturated rings. The number of nitrogens with one attached hydrogen (secondary N) is 2. The first-order chi connectivity index (χ1) is 15.0. The molecule has 0 bridgehead atoms. The van der Waals surface area contributed by atoms with Crippen LogP contribution in [0.4, 0.5) is 11.4 Å². The van der Waals surface area contributed by atoms with Crippen molar-refractivity contribution in [2.24, 2.45) is 0 Å². The van der Waals surface area contributed by atoms with Crippen molar-refractivity contribution in [3.63, 3.8) is 0 Å². The van der Waals surface area contributed by atoms with Gasteiger partial charge in [-0.2, -0.15) is 5.10 Å². The molecule has 0 atom stereocenters. The van der Waals surface area contributed by atoms with Gasteiger partial charge in [-0.15, -0.1) is 0 Å². The van der Waals surface area contributed by atoms with Crippen LogP contribution in [0.3, 0.4) is 0 Å². The minimum atomic E-state index is -0.396. The molecule has 0 aliphatic carbocycles. The highest BCUT2D eigenvalue weighted by Gasteiger charge is 2.20. The summed E-state index contributed by atoms with van der Waals surface area (Å²) in [5.74, 6) is 0.397. The average Bonchev–Trinajstić information content (AvgIpc) is 3.44. The Morgan fingerprint density at radius 1 is 1.00 bits per heavy atom. The molecule has 2 heterocycles. The Morgan fingerprint density at radius 2 is 1.81 bits per heavy atom. The second kappa shape index (κ2) is 8.58. The lowest BCUT2D eigenvalue weighted by Crippen LogP contribution is -2.17. The molecule has 0 spiro atoms. The molecule has 0 saturated heterocycles. The first-order valence-corrected chi connectivity index (χ1v) is 9.51. The second-order valence-corrected chi connectivity index (χ2v) is 6.69. The summed E-state index contributed by atoms with van der Waals surface area (Å²) in [6, 6.07) is 19.5. The molecule has 0 radical (unpaired) electrons. The Balaban J connectivity index is 1.72. The predicted octanol–water partition coefficient (Wildman–Crippen LogP) is 4.35. The van der Waals surface area contributed by atoms with Crippen molar-refractivity contribution in [3.05, 3.63) is 78.7 Å². The van der Waals surface area contributed by atoms with Crippen molar-refractivity contribution < 1.29 is 18.7 Å². The molecule has 2 aromatic carbocycles. The summed E-state index contributed by atoms with van der Waals surface area (Å²) in [5.41, 5.74) is 2.52. The number of para-hydroxylation sites is 1. The normalized spacial score (nSPS) is 10.5. The summed E-state index contributed by atoms with van der Waals surface area (Å²) in [7, 11) is 1.51. The number of carbonyl (C=O) groups excluding carboxylic acids is 2. The monoisotopic (exact) mass is 416 g/mol. The van der Waals surface area contributed by atoms with Gasteiger partial charge in [0.05, 0.1) is 24.7 Å². The van der Waals surface area contributed by atoms with Gasteiger partial charge in [0, 0.05) is 18.7 Å². The van der Waals surface area contributed by atoms with Crippen molar-refractivity contribution in [1.29, 1.82) is 0 Å². The molecular formula is C23H20N4O4. The van der Waals surface area contributed by atoms with Crippen LogP contribution < -0.4 is 15.4 Å². The number of methoxy groups -OCH3 is 1. The number of nitrogens with zero attached hydrogens (tertiary/aromatic N) is 2. The summed E-state index contributed by atoms with van der Waals surface area (Å²) in [6.07, 6.45) is 1.55. The maximum absolute atomic E-state index is 13.2. The van der Waals surface area contributed by atoms with Gasteiger partial charge in [-0.25, -0.2) is 4.68 Å². The fraction of sp³-hybridized carbons (Fsp3) is 0.0870. The molecule has 2 N–H and O–H groups in total. The Bertz CT molecular complexity index is 1210. The number of aromatic nitrogens is 2. The first-order valence-electron chi connectivity index (χ1n) is 9.51. The van der Waals surface area contributed by atoms with Crippen LogP contribution in [0.2, 0.25) is 0 Å². The number of hydrogen-bond acceptors (Lipinski definition) is 5. The van der Waals surface area contributed by atoms with Gasteiger partial charge in [0.1, 0.15) is 17.1 Å². The van der Waals surface area contributed by atoms with Crippen molar-refractivity contribution >= 4 is 23.2 Å². The molecule has 4 aromatic rings. The number of amides is 2. The van der Waals surface area contributed by atoms with E-state index in [0.29, 0.717) is 34.3 Å². The van der Waals surface area contributed by atoms with Gasteiger partial charge in [0.25, 0.3) is 5.91 Å². The highest BCUT2D eigenvalue weighted by molar-refractivity contribution is 6.05. The van der Waals surface area contributed by atoms with E-state index in [0.717, 1.165) is 5.69 Å². The van der Waals surface area contributed by atoms with Crippen LogP contribution in [0.15, 0.2) is 77.4 Å². The molecule has 0 aliphatic heterocycles. The van der Waals surface area contributed by atoms with Gasteiger partial charge in [-0.3, -0.25) is 9.59 Å². The molecule has 0 unspecified atom stereocenters. The third-order valence-corrected chi connectivity index (χ3v) is 4.48. The van der Waals surface area contributed by atoms with Gasteiger partial charge in [-0.05, 0) is 42.5 Å². The number of hydrogen-bond donors (Lipinski definition) is 2. The van der Waals surface area contributed by atoms with E-state index in [9.17, 15) is 9.59 Å². The van der Waals surface area contributed by atoms with Gasteiger partial charge in [-0.1, -0.05) is 18.2 Å². The van der Waals surface area contributed by atoms with Crippen LogP contribution >= 0.6 is 0 Å². The molecule has 0 aliphatic rings. The molecule has 8 nitrogen and oxygen atoms in total. The quantitative estimate of drug-likeness (QED) is 0.487. The van der Waals surface area contributed by atoms with Gasteiger partial charge in [0.15, 0.2) is 5.76 Å². The number of furan rings is 1. The van der Waals surface area contributed by atoms with E-state index < -0.39 is 5.91 Å². The van der Waals surface area contributed by atoms with Crippen molar-refractivity contribution in [1.82, 2.24) is 9.78 Å². The highest BCUT2D eigenvalue weighted by atomic mass is 16.5. The van der Waals surface area contributed by atoms with Crippen LogP contribution in [-0.2, 0) is 4.79 Å². The molecule has 2 amide bonds. The second-order valence-electron chi connectivity index (χ2n) is 6.69. The van der Waals surface area contributed by atoms with E-state index in [1.54, 1.807) is 47.3 Å². The van der Waals surface area contributed by atoms with Crippen LogP contribution in [0.5, 0.6) is 5.75 Å². The SMILES string of the molecule is COc1ccc(NC(C)=O)cc1NC(=O)c1cc(-c2ccco2)nn1-c1ccccc1. The van der Waals surface area contributed by atoms with E-state index in [1.807, 2.05) is 30.3 Å². The number of carbonyl (C=O) groups is 2. The topological polar surface area (TPSA) is 98.4 Å². The highest BCUT2D eigenvalue weighted by Crippen LogP contribution is 2.29. The number of rotatable bonds is 6. The third-order valence-electron chi connectivity index (χ3n) is 4.48. The number of ether oxygens (including phenoxy) is 1. The minimum absolute atomic E-state index is 0.215. The largest absolute Gasteiger partial charge is 0.495 e. The fourth-order valence-corrected chi connectivity index (χ4v) is 3.13. The summed E-state index contributed by atoms with van der Waals surface area (Å²) in [4.78, 5) is 24.6. The summed E-state index contributed by atoms with van der Waals surface area (Å²) in [6.45, 7) is 1.41. The maximum atomic E-state index is 13.2. The Kier molecular flexibility index (Phi) is 5.53. The van der Waals surface area contributed by atoms with E-state index in [4.69, 9.17) is 9.15 Å². The molecule has 4 rings (SSSR count). The van der Waals surface area contributed by atoms with Crippen LogP contribution in [0.25, 0.3) is 17.1 Å². The zero-order valence-corrected chi connectivity index (χ0v) is 17.0. The number of benzene rings is 2. The summed E-state index contributed by atoms with van der Waals surface area (Å²) in [5, 5.41) is 10.1. The lowest BCUT2D eigenvalue weighted by Gasteiger charge is -2.13. The standard InChI is InChI=1S/C23H20N4O4/c1-15(28)24-16-10-11-21(30-2)18(13-16)25-23(29)20-14-19(22-9-6-12-31-22)26-27(20)17-7-4-3-5-8-17/h3-14H,1-2H3,(H,24,28)(H,25,29). The minimum Gasteiger partial charge on any atom is -0.495 e. The fourth-order valence-electron chi connectivity index (χ4n) is 3.13. The summed E-state index contributed by atoms with van der Waals surface area (Å²) >= 11 is 0. The van der Waals surface area contributed by atoms with E-state index >= 15 is 0 Å². The van der Waals surface area contributed by atoms with Crippen molar-refractivity contribution in [3.8, 4) is 22.9 Å². The Morgan fingerprint density at radius 3 is 2.48 bits per heavy atom. The molecule has 8 heteroatoms. The lowest BCUT2D eigenvalue weighted by molar-refractivity contribution is -0.114. The molecular weight excluding hydrogens is 396 g/mol. The molecule has 2 aromatic heterocycles. The maximum Gasteiger partial charge on any atom is 0.274 e. The smallest absolute Gasteiger partial charge is 0.274 e. The molecule has 31 heavy (non-hydrogen) atoms. The zero-order chi connectivity index (χ0) is 21.8. The molecule has 0 saturated carbocycles. The number of anilines is 2. The Labute approximate surface area is 178 Å². The Hall–Kier alpha value is -4.33. The van der Waals surface area contributed by atoms with E-state index in [-0.39, 0.29) is 5.91 Å². The van der Waals surface area contributed by atoms with E-state index in [2.05, 4.69) is 15.7 Å². The van der Waals surface area contributed by atoms with Crippen LogP contribution in [-0.4, -0.2) is 28.7 Å². The average molecular weight is 416 g/mol. The van der Waals surface area contributed by atoms with E-state index in [1.165, 1.54) is 14.0 Å². The lowest BCUT2D eigenvalue weighted by atomic mass is 10.2. The first kappa shape index (κ1) is 20.0. The van der Waals surface area contributed by atoms with Crippen LogP contribution in [0.1, 0.15) is 17.4 Å². The van der Waals surface area contributed by atoms with Gasteiger partial charge >= 0.3 is 0 Å². The van der Waals surface area contributed by atoms with Gasteiger partial charge < -0.3 is 19.8 Å². The zero-order valence-electron chi connectivity index (χ0n) is 17.0. The van der Waals surface area contributed by atoms with Gasteiger partial charge in [0.2, 0.25) is 5.91 Å².